The topological polar surface area (TPSA) is 49.4 Å². The van der Waals surface area contributed by atoms with Crippen molar-refractivity contribution in [2.75, 3.05) is 0 Å². The fourth-order valence-electron chi connectivity index (χ4n) is 3.19. The Morgan fingerprint density at radius 3 is 2.30 bits per heavy atom. The largest absolute Gasteiger partial charge is 0.352 e. The molecule has 0 bridgehead atoms. The van der Waals surface area contributed by atoms with E-state index in [-0.39, 0.29) is 17.9 Å². The van der Waals surface area contributed by atoms with Gasteiger partial charge in [0, 0.05) is 25.4 Å². The van der Waals surface area contributed by atoms with Gasteiger partial charge in [-0.3, -0.25) is 9.59 Å². The molecule has 2 rings (SSSR count). The molecule has 0 aliphatic heterocycles. The van der Waals surface area contributed by atoms with Crippen molar-refractivity contribution in [3.05, 3.63) is 69.7 Å². The Hall–Kier alpha value is -2.04. The monoisotopic (exact) mass is 448 g/mol. The van der Waals surface area contributed by atoms with E-state index < -0.39 is 6.04 Å². The van der Waals surface area contributed by atoms with Crippen LogP contribution < -0.4 is 5.32 Å². The van der Waals surface area contributed by atoms with Crippen molar-refractivity contribution in [2.24, 2.45) is 0 Å². The van der Waals surface area contributed by atoms with E-state index in [1.165, 1.54) is 0 Å². The fourth-order valence-corrected chi connectivity index (χ4v) is 3.51. The molecular weight excluding hydrogens is 419 g/mol. The highest BCUT2D eigenvalue weighted by molar-refractivity contribution is 6.42. The molecule has 0 radical (unpaired) electrons. The molecule has 4 nitrogen and oxygen atoms in total. The number of hydrogen-bond acceptors (Lipinski definition) is 2. The number of nitrogens with one attached hydrogen (secondary N) is 1. The van der Waals surface area contributed by atoms with Crippen molar-refractivity contribution >= 4 is 35.0 Å². The second-order valence-electron chi connectivity index (χ2n) is 7.54. The highest BCUT2D eigenvalue weighted by atomic mass is 35.5. The molecule has 0 fully saturated rings. The number of amides is 2. The molecule has 30 heavy (non-hydrogen) atoms. The quantitative estimate of drug-likeness (QED) is 0.510. The lowest BCUT2D eigenvalue weighted by molar-refractivity contribution is -0.141. The molecule has 0 saturated carbocycles. The van der Waals surface area contributed by atoms with Crippen LogP contribution in [0.2, 0.25) is 10.0 Å². The van der Waals surface area contributed by atoms with E-state index in [1.54, 1.807) is 17.0 Å². The Balaban J connectivity index is 2.39. The van der Waals surface area contributed by atoms with E-state index in [0.717, 1.165) is 17.5 Å². The Kier molecular flexibility index (Phi) is 9.67. The molecule has 0 saturated heterocycles. The van der Waals surface area contributed by atoms with E-state index in [1.807, 2.05) is 57.2 Å². The van der Waals surface area contributed by atoms with Gasteiger partial charge in [-0.05, 0) is 43.0 Å². The van der Waals surface area contributed by atoms with E-state index in [0.29, 0.717) is 35.9 Å². The molecule has 2 atom stereocenters. The summed E-state index contributed by atoms with van der Waals surface area (Å²) in [6.07, 6.45) is 2.35. The third-order valence-corrected chi connectivity index (χ3v) is 5.81. The minimum Gasteiger partial charge on any atom is -0.352 e. The number of carbonyl (C=O) groups excluding carboxylic acids is 2. The summed E-state index contributed by atoms with van der Waals surface area (Å²) < 4.78 is 0. The summed E-state index contributed by atoms with van der Waals surface area (Å²) in [5.74, 6) is -0.193. The second kappa shape index (κ2) is 12.0. The molecule has 0 aromatic heterocycles. The first-order chi connectivity index (χ1) is 14.3. The summed E-state index contributed by atoms with van der Waals surface area (Å²) in [5, 5.41) is 3.95. The van der Waals surface area contributed by atoms with Gasteiger partial charge in [0.25, 0.3) is 0 Å². The van der Waals surface area contributed by atoms with Gasteiger partial charge in [0.1, 0.15) is 6.04 Å². The molecule has 0 aliphatic carbocycles. The molecule has 162 valence electrons. The predicted molar refractivity (Wildman–Crippen MR) is 124 cm³/mol. The first-order valence-electron chi connectivity index (χ1n) is 10.4. The van der Waals surface area contributed by atoms with Crippen LogP contribution in [-0.2, 0) is 22.6 Å². The van der Waals surface area contributed by atoms with Gasteiger partial charge < -0.3 is 10.2 Å². The molecule has 2 aromatic carbocycles. The number of halogens is 2. The zero-order valence-electron chi connectivity index (χ0n) is 17.8. The molecule has 0 heterocycles. The van der Waals surface area contributed by atoms with Crippen LogP contribution in [0.5, 0.6) is 0 Å². The van der Waals surface area contributed by atoms with Crippen LogP contribution in [0.25, 0.3) is 0 Å². The Morgan fingerprint density at radius 2 is 1.70 bits per heavy atom. The molecule has 2 amide bonds. The van der Waals surface area contributed by atoms with Crippen LogP contribution in [0.4, 0.5) is 0 Å². The molecule has 1 N–H and O–H groups in total. The maximum atomic E-state index is 13.2. The van der Waals surface area contributed by atoms with Gasteiger partial charge in [0.15, 0.2) is 0 Å². The predicted octanol–water partition coefficient (Wildman–Crippen LogP) is 5.65. The van der Waals surface area contributed by atoms with E-state index >= 15 is 0 Å². The van der Waals surface area contributed by atoms with E-state index in [4.69, 9.17) is 23.2 Å². The Bertz CT molecular complexity index is 842. The summed E-state index contributed by atoms with van der Waals surface area (Å²) in [4.78, 5) is 28.0. The second-order valence-corrected chi connectivity index (χ2v) is 8.36. The summed E-state index contributed by atoms with van der Waals surface area (Å²) in [5.41, 5.74) is 1.84. The zero-order valence-corrected chi connectivity index (χ0v) is 19.3. The van der Waals surface area contributed by atoms with Crippen LogP contribution in [-0.4, -0.2) is 28.8 Å². The van der Waals surface area contributed by atoms with E-state index in [2.05, 4.69) is 5.32 Å². The molecular formula is C24H30Cl2N2O2. The van der Waals surface area contributed by atoms with Crippen LogP contribution in [0.3, 0.4) is 0 Å². The highest BCUT2D eigenvalue weighted by Gasteiger charge is 2.30. The van der Waals surface area contributed by atoms with Gasteiger partial charge in [-0.1, -0.05) is 73.4 Å². The summed E-state index contributed by atoms with van der Waals surface area (Å²) >= 11 is 12.2. The zero-order chi connectivity index (χ0) is 22.1. The highest BCUT2D eigenvalue weighted by Crippen LogP contribution is 2.24. The van der Waals surface area contributed by atoms with Gasteiger partial charge in [-0.15, -0.1) is 0 Å². The van der Waals surface area contributed by atoms with Gasteiger partial charge in [0.05, 0.1) is 10.0 Å². The third-order valence-electron chi connectivity index (χ3n) is 5.07. The summed E-state index contributed by atoms with van der Waals surface area (Å²) in [6.45, 7) is 6.24. The molecule has 0 aliphatic rings. The van der Waals surface area contributed by atoms with Crippen molar-refractivity contribution in [1.82, 2.24) is 10.2 Å². The first-order valence-corrected chi connectivity index (χ1v) is 11.2. The third kappa shape index (κ3) is 7.03. The first kappa shape index (κ1) is 24.2. The number of nitrogens with zero attached hydrogens (tertiary/aromatic N) is 1. The summed E-state index contributed by atoms with van der Waals surface area (Å²) in [6, 6.07) is 14.5. The number of benzene rings is 2. The SMILES string of the molecule is CCCC(=O)N(Cc1ccc(Cl)c(Cl)c1)[C@H](Cc1ccccc1)C(=O)N[C@@H](C)CC. The van der Waals surface area contributed by atoms with Crippen molar-refractivity contribution < 1.29 is 9.59 Å². The normalized spacial score (nSPS) is 12.8. The van der Waals surface area contributed by atoms with Crippen LogP contribution in [0, 0.1) is 0 Å². The molecule has 2 aromatic rings. The Labute approximate surface area is 189 Å². The maximum Gasteiger partial charge on any atom is 0.243 e. The molecule has 0 unspecified atom stereocenters. The summed E-state index contributed by atoms with van der Waals surface area (Å²) in [7, 11) is 0. The number of hydrogen-bond donors (Lipinski definition) is 1. The molecule has 6 heteroatoms. The maximum absolute atomic E-state index is 13.2. The lowest BCUT2D eigenvalue weighted by Gasteiger charge is -2.32. The standard InChI is InChI=1S/C24H30Cl2N2O2/c1-4-9-23(29)28(16-19-12-13-20(25)21(26)14-19)22(24(30)27-17(3)5-2)15-18-10-7-6-8-11-18/h6-8,10-14,17,22H,4-5,9,15-16H2,1-3H3,(H,27,30)/t17-,22+/m0/s1. The van der Waals surface area contributed by atoms with Crippen LogP contribution in [0.1, 0.15) is 51.2 Å². The Morgan fingerprint density at radius 1 is 1.00 bits per heavy atom. The van der Waals surface area contributed by atoms with Gasteiger partial charge in [-0.25, -0.2) is 0 Å². The van der Waals surface area contributed by atoms with Crippen LogP contribution in [0.15, 0.2) is 48.5 Å². The van der Waals surface area contributed by atoms with Crippen LogP contribution >= 0.6 is 23.2 Å². The van der Waals surface area contributed by atoms with Crippen molar-refractivity contribution in [3.8, 4) is 0 Å². The fraction of sp³-hybridized carbons (Fsp3) is 0.417. The minimum atomic E-state index is -0.616. The number of rotatable bonds is 10. The average Bonchev–Trinajstić information content (AvgIpc) is 2.73. The minimum absolute atomic E-state index is 0.0314. The lowest BCUT2D eigenvalue weighted by Crippen LogP contribution is -2.52. The van der Waals surface area contributed by atoms with Crippen molar-refractivity contribution in [2.45, 2.75) is 65.1 Å². The van der Waals surface area contributed by atoms with Crippen molar-refractivity contribution in [1.29, 1.82) is 0 Å². The van der Waals surface area contributed by atoms with Gasteiger partial charge >= 0.3 is 0 Å². The average molecular weight is 449 g/mol. The van der Waals surface area contributed by atoms with E-state index in [9.17, 15) is 9.59 Å². The van der Waals surface area contributed by atoms with Crippen molar-refractivity contribution in [3.63, 3.8) is 0 Å². The lowest BCUT2D eigenvalue weighted by atomic mass is 10.0. The number of carbonyl (C=O) groups is 2. The van der Waals surface area contributed by atoms with Gasteiger partial charge in [-0.2, -0.15) is 0 Å². The van der Waals surface area contributed by atoms with Gasteiger partial charge in [0.2, 0.25) is 11.8 Å². The molecule has 0 spiro atoms. The smallest absolute Gasteiger partial charge is 0.243 e.